The molecule has 3 aromatic rings. The largest absolute Gasteiger partial charge is 0.493 e. The Kier molecular flexibility index (Phi) is 7.44. The van der Waals surface area contributed by atoms with Gasteiger partial charge < -0.3 is 19.9 Å². The van der Waals surface area contributed by atoms with Crippen molar-refractivity contribution >= 4 is 22.6 Å². The average molecular weight is 622 g/mol. The lowest BCUT2D eigenvalue weighted by Crippen LogP contribution is -2.59. The van der Waals surface area contributed by atoms with Crippen molar-refractivity contribution in [3.8, 4) is 11.5 Å². The number of alkyl halides is 3. The first-order valence-electron chi connectivity index (χ1n) is 14.3. The molecule has 0 heterocycles. The number of carboxylic acid groups (broad SMARTS) is 1. The fourth-order valence-electron chi connectivity index (χ4n) is 8.20. The van der Waals surface area contributed by atoms with Crippen LogP contribution in [0.1, 0.15) is 60.0 Å². The zero-order chi connectivity index (χ0) is 31.6. The Bertz CT molecular complexity index is 1620. The Morgan fingerprint density at radius 3 is 2.11 bits per heavy atom. The van der Waals surface area contributed by atoms with Crippen molar-refractivity contribution in [2.45, 2.75) is 57.3 Å². The SMILES string of the molecule is COc1c(F)c(COc2c(C(=O)N[C@H](C(=O)O)C34CC5CC(CC(C5)C3)C4)ccc3ccccc23)c(F)c(F)c1C(F)(F)F. The van der Waals surface area contributed by atoms with E-state index in [9.17, 15) is 36.6 Å². The highest BCUT2D eigenvalue weighted by atomic mass is 19.4. The molecule has 3 aromatic carbocycles. The zero-order valence-electron chi connectivity index (χ0n) is 23.6. The number of rotatable bonds is 8. The lowest BCUT2D eigenvalue weighted by atomic mass is 9.47. The number of carbonyl (C=O) groups is 2. The number of benzene rings is 3. The number of carboxylic acids is 1. The third kappa shape index (κ3) is 5.01. The molecule has 12 heteroatoms. The molecule has 1 amide bonds. The molecule has 4 saturated carbocycles. The third-order valence-corrected chi connectivity index (χ3v) is 9.56. The lowest BCUT2D eigenvalue weighted by molar-refractivity contribution is -0.151. The number of methoxy groups -OCH3 is 1. The molecule has 234 valence electrons. The van der Waals surface area contributed by atoms with Gasteiger partial charge in [0.25, 0.3) is 5.91 Å². The Balaban J connectivity index is 1.36. The highest BCUT2D eigenvalue weighted by molar-refractivity contribution is 6.05. The minimum Gasteiger partial charge on any atom is -0.493 e. The second-order valence-corrected chi connectivity index (χ2v) is 12.3. The smallest absolute Gasteiger partial charge is 0.423 e. The quantitative estimate of drug-likeness (QED) is 0.204. The van der Waals surface area contributed by atoms with Gasteiger partial charge in [0, 0.05) is 10.8 Å². The first kappa shape index (κ1) is 30.1. The van der Waals surface area contributed by atoms with Crippen LogP contribution in [0.5, 0.6) is 11.5 Å². The lowest BCUT2D eigenvalue weighted by Gasteiger charge is -2.58. The summed E-state index contributed by atoms with van der Waals surface area (Å²) in [6, 6.07) is 8.28. The van der Waals surface area contributed by atoms with Gasteiger partial charge in [-0.15, -0.1) is 0 Å². The number of amides is 1. The maximum Gasteiger partial charge on any atom is 0.423 e. The fraction of sp³-hybridized carbons (Fsp3) is 0.438. The molecular weight excluding hydrogens is 592 g/mol. The minimum atomic E-state index is -5.45. The third-order valence-electron chi connectivity index (χ3n) is 9.56. The van der Waals surface area contributed by atoms with Crippen LogP contribution in [0.3, 0.4) is 0 Å². The summed E-state index contributed by atoms with van der Waals surface area (Å²) < 4.78 is 94.9. The van der Waals surface area contributed by atoms with Gasteiger partial charge in [-0.2, -0.15) is 13.2 Å². The van der Waals surface area contributed by atoms with Crippen LogP contribution in [0.25, 0.3) is 10.8 Å². The molecule has 2 N–H and O–H groups in total. The summed E-state index contributed by atoms with van der Waals surface area (Å²) in [6.45, 7) is -1.10. The standard InChI is InChI=1S/C32H29F6NO5/c1-43-27-22(32(36,37)38)25(35)23(33)21(24(27)34)14-44-26-19-5-3-2-4-18(19)6-7-20(26)29(40)39-28(30(41)42)31-11-15-8-16(12-31)10-17(9-15)13-31/h2-7,15-17,28H,8-14H2,1H3,(H,39,40)(H,41,42)/t15?,16?,17?,28-,31?/m1/s1. The normalized spacial score (nSPS) is 24.8. The fourth-order valence-corrected chi connectivity index (χ4v) is 8.20. The van der Waals surface area contributed by atoms with Gasteiger partial charge in [0.1, 0.15) is 24.0 Å². The van der Waals surface area contributed by atoms with E-state index in [1.807, 2.05) is 0 Å². The second-order valence-electron chi connectivity index (χ2n) is 12.3. The average Bonchev–Trinajstić information content (AvgIpc) is 2.95. The van der Waals surface area contributed by atoms with Gasteiger partial charge in [-0.1, -0.05) is 30.3 Å². The molecule has 7 rings (SSSR count). The van der Waals surface area contributed by atoms with E-state index in [2.05, 4.69) is 10.1 Å². The van der Waals surface area contributed by atoms with Crippen molar-refractivity contribution in [3.63, 3.8) is 0 Å². The van der Waals surface area contributed by atoms with E-state index in [4.69, 9.17) is 4.74 Å². The summed E-state index contributed by atoms with van der Waals surface area (Å²) in [4.78, 5) is 26.4. The molecule has 1 atom stereocenters. The van der Waals surface area contributed by atoms with Crippen LogP contribution in [-0.4, -0.2) is 30.1 Å². The van der Waals surface area contributed by atoms with Crippen LogP contribution in [-0.2, 0) is 17.6 Å². The van der Waals surface area contributed by atoms with Gasteiger partial charge in [0.15, 0.2) is 23.2 Å². The molecule has 0 aromatic heterocycles. The summed E-state index contributed by atoms with van der Waals surface area (Å²) in [5.74, 6) is -8.76. The summed E-state index contributed by atoms with van der Waals surface area (Å²) in [6.07, 6.45) is -0.194. The first-order valence-corrected chi connectivity index (χ1v) is 14.3. The Morgan fingerprint density at radius 2 is 1.55 bits per heavy atom. The molecule has 0 spiro atoms. The van der Waals surface area contributed by atoms with Crippen molar-refractivity contribution in [2.75, 3.05) is 7.11 Å². The minimum absolute atomic E-state index is 0.153. The highest BCUT2D eigenvalue weighted by Gasteiger charge is 2.56. The Morgan fingerprint density at radius 1 is 0.932 bits per heavy atom. The highest BCUT2D eigenvalue weighted by Crippen LogP contribution is 2.61. The van der Waals surface area contributed by atoms with Crippen LogP contribution in [0.2, 0.25) is 0 Å². The van der Waals surface area contributed by atoms with E-state index in [0.717, 1.165) is 19.3 Å². The van der Waals surface area contributed by atoms with Crippen molar-refractivity contribution in [1.29, 1.82) is 0 Å². The van der Waals surface area contributed by atoms with Gasteiger partial charge in [-0.3, -0.25) is 4.79 Å². The zero-order valence-corrected chi connectivity index (χ0v) is 23.6. The molecule has 4 fully saturated rings. The van der Waals surface area contributed by atoms with E-state index in [-0.39, 0.29) is 11.3 Å². The number of aliphatic carboxylic acids is 1. The predicted octanol–water partition coefficient (Wildman–Crippen LogP) is 7.26. The van der Waals surface area contributed by atoms with Crippen molar-refractivity contribution < 1.29 is 50.5 Å². The van der Waals surface area contributed by atoms with Gasteiger partial charge in [-0.25, -0.2) is 18.0 Å². The predicted molar refractivity (Wildman–Crippen MR) is 146 cm³/mol. The molecule has 4 bridgehead atoms. The summed E-state index contributed by atoms with van der Waals surface area (Å²) in [5, 5.41) is 13.8. The topological polar surface area (TPSA) is 84.9 Å². The van der Waals surface area contributed by atoms with Crippen LogP contribution in [0, 0.1) is 40.6 Å². The molecule has 4 aliphatic carbocycles. The number of fused-ring (bicyclic) bond motifs is 1. The maximum atomic E-state index is 15.1. The van der Waals surface area contributed by atoms with E-state index in [1.54, 1.807) is 30.3 Å². The molecular formula is C32H29F6NO5. The number of hydrogen-bond acceptors (Lipinski definition) is 4. The summed E-state index contributed by atoms with van der Waals surface area (Å²) in [5.41, 5.74) is -4.16. The van der Waals surface area contributed by atoms with Crippen LogP contribution < -0.4 is 14.8 Å². The molecule has 0 radical (unpaired) electrons. The molecule has 4 aliphatic rings. The molecule has 44 heavy (non-hydrogen) atoms. The van der Waals surface area contributed by atoms with Crippen LogP contribution in [0.15, 0.2) is 36.4 Å². The van der Waals surface area contributed by atoms with Gasteiger partial charge in [-0.05, 0) is 67.7 Å². The number of hydrogen-bond donors (Lipinski definition) is 2. The Labute approximate surface area is 248 Å². The van der Waals surface area contributed by atoms with Crippen molar-refractivity contribution in [3.05, 3.63) is 70.5 Å². The number of nitrogens with one attached hydrogen (secondary N) is 1. The summed E-state index contributed by atoms with van der Waals surface area (Å²) in [7, 11) is 0.686. The second kappa shape index (κ2) is 10.9. The van der Waals surface area contributed by atoms with Crippen LogP contribution in [0.4, 0.5) is 26.3 Å². The Hall–Kier alpha value is -3.96. The van der Waals surface area contributed by atoms with Gasteiger partial charge in [0.05, 0.1) is 18.2 Å². The number of halogens is 6. The van der Waals surface area contributed by atoms with Crippen molar-refractivity contribution in [2.24, 2.45) is 23.2 Å². The number of carbonyl (C=O) groups excluding carboxylic acids is 1. The molecule has 0 aliphatic heterocycles. The monoisotopic (exact) mass is 621 g/mol. The van der Waals surface area contributed by atoms with E-state index < -0.39 is 70.4 Å². The van der Waals surface area contributed by atoms with E-state index in [0.29, 0.717) is 54.9 Å². The summed E-state index contributed by atoms with van der Waals surface area (Å²) >= 11 is 0. The van der Waals surface area contributed by atoms with E-state index in [1.165, 1.54) is 6.07 Å². The number of ether oxygens (including phenoxy) is 2. The van der Waals surface area contributed by atoms with Crippen molar-refractivity contribution in [1.82, 2.24) is 5.32 Å². The maximum absolute atomic E-state index is 15.1. The molecule has 0 unspecified atom stereocenters. The molecule has 0 saturated heterocycles. The van der Waals surface area contributed by atoms with Crippen LogP contribution >= 0.6 is 0 Å². The molecule has 6 nitrogen and oxygen atoms in total. The first-order chi connectivity index (χ1) is 20.8. The van der Waals surface area contributed by atoms with E-state index >= 15 is 4.39 Å². The van der Waals surface area contributed by atoms with Gasteiger partial charge in [0.2, 0.25) is 0 Å². The van der Waals surface area contributed by atoms with Gasteiger partial charge >= 0.3 is 12.1 Å².